The molecular formula is C15H22BrNO2. The molecule has 4 heteroatoms. The van der Waals surface area contributed by atoms with E-state index in [1.54, 1.807) is 0 Å². The van der Waals surface area contributed by atoms with Gasteiger partial charge in [0.15, 0.2) is 0 Å². The molecule has 0 heterocycles. The van der Waals surface area contributed by atoms with Crippen LogP contribution in [0.4, 0.5) is 4.79 Å². The number of carbonyl (C=O) groups is 1. The van der Waals surface area contributed by atoms with Crippen LogP contribution in [0.2, 0.25) is 0 Å². The van der Waals surface area contributed by atoms with E-state index in [0.717, 1.165) is 5.56 Å². The predicted molar refractivity (Wildman–Crippen MR) is 81.7 cm³/mol. The number of nitrogens with one attached hydrogen (secondary N) is 1. The summed E-state index contributed by atoms with van der Waals surface area (Å²) in [4.78, 5) is 11.8. The Hall–Kier alpha value is -1.03. The quantitative estimate of drug-likeness (QED) is 0.838. The summed E-state index contributed by atoms with van der Waals surface area (Å²) in [6.07, 6.45) is -0.392. The van der Waals surface area contributed by atoms with Crippen molar-refractivity contribution < 1.29 is 9.53 Å². The zero-order chi connectivity index (χ0) is 14.6. The lowest BCUT2D eigenvalue weighted by Crippen LogP contribution is -2.39. The first kappa shape index (κ1) is 16.0. The highest BCUT2D eigenvalue weighted by molar-refractivity contribution is 9.09. The van der Waals surface area contributed by atoms with E-state index in [2.05, 4.69) is 40.3 Å². The van der Waals surface area contributed by atoms with E-state index in [1.165, 1.54) is 5.56 Å². The first-order valence-electron chi connectivity index (χ1n) is 6.39. The minimum atomic E-state index is -0.477. The molecule has 0 aromatic heterocycles. The van der Waals surface area contributed by atoms with Gasteiger partial charge in [0, 0.05) is 6.04 Å². The van der Waals surface area contributed by atoms with Gasteiger partial charge in [-0.1, -0.05) is 45.8 Å². The monoisotopic (exact) mass is 327 g/mol. The highest BCUT2D eigenvalue weighted by Crippen LogP contribution is 2.27. The van der Waals surface area contributed by atoms with Crippen molar-refractivity contribution in [3.63, 3.8) is 0 Å². The molecule has 3 nitrogen and oxygen atoms in total. The third-order valence-electron chi connectivity index (χ3n) is 2.54. The Kier molecular flexibility index (Phi) is 5.41. The van der Waals surface area contributed by atoms with Gasteiger partial charge in [0.1, 0.15) is 5.60 Å². The number of ether oxygens (including phenoxy) is 1. The van der Waals surface area contributed by atoms with Crippen LogP contribution in [-0.4, -0.2) is 17.7 Å². The molecule has 1 aromatic carbocycles. The van der Waals surface area contributed by atoms with Crippen molar-refractivity contribution in [2.24, 2.45) is 0 Å². The first-order valence-corrected chi connectivity index (χ1v) is 7.31. The van der Waals surface area contributed by atoms with Crippen LogP contribution in [0, 0.1) is 6.92 Å². The number of amides is 1. The van der Waals surface area contributed by atoms with Crippen molar-refractivity contribution >= 4 is 22.0 Å². The summed E-state index contributed by atoms with van der Waals surface area (Å²) >= 11 is 3.62. The second-order valence-electron chi connectivity index (χ2n) is 5.75. The number of hydrogen-bond acceptors (Lipinski definition) is 2. The molecule has 0 aliphatic carbocycles. The van der Waals surface area contributed by atoms with Gasteiger partial charge < -0.3 is 10.1 Å². The summed E-state index contributed by atoms with van der Waals surface area (Å²) in [5.41, 5.74) is 1.87. The van der Waals surface area contributed by atoms with E-state index >= 15 is 0 Å². The molecule has 2 unspecified atom stereocenters. The molecule has 106 valence electrons. The molecule has 19 heavy (non-hydrogen) atoms. The number of rotatable bonds is 3. The number of halogens is 1. The van der Waals surface area contributed by atoms with E-state index in [4.69, 9.17) is 4.74 Å². The summed E-state index contributed by atoms with van der Waals surface area (Å²) in [6, 6.07) is 8.15. The predicted octanol–water partition coefficient (Wildman–Crippen LogP) is 4.34. The third-order valence-corrected chi connectivity index (χ3v) is 3.87. The topological polar surface area (TPSA) is 38.3 Å². The van der Waals surface area contributed by atoms with Gasteiger partial charge in [0.05, 0.1) is 4.83 Å². The first-order chi connectivity index (χ1) is 8.69. The van der Waals surface area contributed by atoms with Gasteiger partial charge in [-0.15, -0.1) is 0 Å². The van der Waals surface area contributed by atoms with E-state index in [1.807, 2.05) is 39.8 Å². The molecule has 1 N–H and O–H groups in total. The van der Waals surface area contributed by atoms with E-state index < -0.39 is 11.7 Å². The van der Waals surface area contributed by atoms with Crippen LogP contribution in [-0.2, 0) is 4.74 Å². The van der Waals surface area contributed by atoms with Gasteiger partial charge >= 0.3 is 6.09 Å². The number of alkyl halides is 1. The van der Waals surface area contributed by atoms with Crippen molar-refractivity contribution in [2.75, 3.05) is 0 Å². The van der Waals surface area contributed by atoms with Gasteiger partial charge in [-0.25, -0.2) is 4.79 Å². The Morgan fingerprint density at radius 3 is 2.53 bits per heavy atom. The Morgan fingerprint density at radius 2 is 2.00 bits per heavy atom. The largest absolute Gasteiger partial charge is 0.444 e. The van der Waals surface area contributed by atoms with Crippen molar-refractivity contribution in [3.05, 3.63) is 35.4 Å². The van der Waals surface area contributed by atoms with E-state index in [9.17, 15) is 4.79 Å². The van der Waals surface area contributed by atoms with Gasteiger partial charge in [0.2, 0.25) is 0 Å². The van der Waals surface area contributed by atoms with E-state index in [0.29, 0.717) is 0 Å². The second-order valence-corrected chi connectivity index (χ2v) is 6.74. The van der Waals surface area contributed by atoms with Gasteiger partial charge in [-0.3, -0.25) is 0 Å². The second kappa shape index (κ2) is 6.42. The van der Waals surface area contributed by atoms with Crippen LogP contribution in [0.1, 0.15) is 43.6 Å². The Labute approximate surface area is 123 Å². The fourth-order valence-corrected chi connectivity index (χ4v) is 2.11. The number of hydrogen-bond donors (Lipinski definition) is 1. The highest BCUT2D eigenvalue weighted by Gasteiger charge is 2.22. The average Bonchev–Trinajstić information content (AvgIpc) is 2.25. The van der Waals surface area contributed by atoms with Gasteiger partial charge in [0.25, 0.3) is 0 Å². The summed E-state index contributed by atoms with van der Waals surface area (Å²) in [7, 11) is 0. The third kappa shape index (κ3) is 5.64. The van der Waals surface area contributed by atoms with E-state index in [-0.39, 0.29) is 10.9 Å². The molecule has 0 bridgehead atoms. The molecule has 0 saturated heterocycles. The lowest BCUT2D eigenvalue weighted by Gasteiger charge is -2.24. The molecule has 0 radical (unpaired) electrons. The lowest BCUT2D eigenvalue weighted by molar-refractivity contribution is 0.0508. The average molecular weight is 328 g/mol. The smallest absolute Gasteiger partial charge is 0.407 e. The molecule has 0 aliphatic rings. The van der Waals surface area contributed by atoms with Crippen LogP contribution in [0.5, 0.6) is 0 Å². The number of alkyl carbamates (subject to hydrolysis) is 1. The van der Waals surface area contributed by atoms with Crippen molar-refractivity contribution in [1.29, 1.82) is 0 Å². The van der Waals surface area contributed by atoms with Crippen molar-refractivity contribution in [2.45, 2.75) is 51.1 Å². The summed E-state index contributed by atoms with van der Waals surface area (Å²) in [5, 5.41) is 2.85. The molecule has 0 spiro atoms. The van der Waals surface area contributed by atoms with Crippen molar-refractivity contribution in [1.82, 2.24) is 5.32 Å². The van der Waals surface area contributed by atoms with Gasteiger partial charge in [-0.05, 0) is 40.2 Å². The zero-order valence-corrected chi connectivity index (χ0v) is 13.7. The maximum absolute atomic E-state index is 11.7. The minimum Gasteiger partial charge on any atom is -0.444 e. The molecule has 0 saturated carbocycles. The zero-order valence-electron chi connectivity index (χ0n) is 12.2. The summed E-state index contributed by atoms with van der Waals surface area (Å²) in [5.74, 6) is 0. The SMILES string of the molecule is Cc1cccc(C(Br)C(C)NC(=O)OC(C)(C)C)c1. The Bertz CT molecular complexity index is 440. The number of benzene rings is 1. The van der Waals surface area contributed by atoms with Crippen molar-refractivity contribution in [3.8, 4) is 0 Å². The number of aryl methyl sites for hydroxylation is 1. The molecule has 1 amide bonds. The molecular weight excluding hydrogens is 306 g/mol. The standard InChI is InChI=1S/C15H22BrNO2/c1-10-7-6-8-12(9-10)13(16)11(2)17-14(18)19-15(3,4)5/h6-9,11,13H,1-5H3,(H,17,18). The molecule has 0 aliphatic heterocycles. The van der Waals surface area contributed by atoms with Gasteiger partial charge in [-0.2, -0.15) is 0 Å². The summed E-state index contributed by atoms with van der Waals surface area (Å²) < 4.78 is 5.25. The maximum Gasteiger partial charge on any atom is 0.407 e. The van der Waals surface area contributed by atoms with Crippen LogP contribution < -0.4 is 5.32 Å². The molecule has 0 fully saturated rings. The molecule has 2 atom stereocenters. The maximum atomic E-state index is 11.7. The molecule has 1 aromatic rings. The van der Waals surface area contributed by atoms with Crippen LogP contribution >= 0.6 is 15.9 Å². The highest BCUT2D eigenvalue weighted by atomic mass is 79.9. The number of carbonyl (C=O) groups excluding carboxylic acids is 1. The van der Waals surface area contributed by atoms with Crippen LogP contribution in [0.25, 0.3) is 0 Å². The normalized spacial score (nSPS) is 14.6. The fraction of sp³-hybridized carbons (Fsp3) is 0.533. The minimum absolute atomic E-state index is 0.0555. The lowest BCUT2D eigenvalue weighted by atomic mass is 10.0. The van der Waals surface area contributed by atoms with Crippen LogP contribution in [0.15, 0.2) is 24.3 Å². The Morgan fingerprint density at radius 1 is 1.37 bits per heavy atom. The summed E-state index contributed by atoms with van der Waals surface area (Å²) in [6.45, 7) is 9.55. The fourth-order valence-electron chi connectivity index (χ4n) is 1.70. The van der Waals surface area contributed by atoms with Crippen LogP contribution in [0.3, 0.4) is 0 Å². The molecule has 1 rings (SSSR count). The Balaban J connectivity index is 2.63.